The number of aromatic nitrogens is 3. The van der Waals surface area contributed by atoms with E-state index in [1.807, 2.05) is 18.7 Å². The molecule has 128 valence electrons. The van der Waals surface area contributed by atoms with E-state index in [1.54, 1.807) is 17.9 Å². The molecule has 0 aromatic carbocycles. The number of rotatable bonds is 4. The fourth-order valence-corrected chi connectivity index (χ4v) is 3.84. The van der Waals surface area contributed by atoms with Crippen LogP contribution in [-0.4, -0.2) is 50.6 Å². The van der Waals surface area contributed by atoms with Crippen molar-refractivity contribution in [3.63, 3.8) is 0 Å². The van der Waals surface area contributed by atoms with E-state index in [4.69, 9.17) is 0 Å². The van der Waals surface area contributed by atoms with Crippen LogP contribution in [0.5, 0.6) is 0 Å². The van der Waals surface area contributed by atoms with Gasteiger partial charge < -0.3 is 10.2 Å². The first-order valence-corrected chi connectivity index (χ1v) is 8.79. The lowest BCUT2D eigenvalue weighted by Crippen LogP contribution is -2.43. The summed E-state index contributed by atoms with van der Waals surface area (Å²) in [6.07, 6.45) is 5.05. The normalized spacial score (nSPS) is 17.3. The summed E-state index contributed by atoms with van der Waals surface area (Å²) in [5.41, 5.74) is 1.07. The third kappa shape index (κ3) is 3.33. The lowest BCUT2D eigenvalue weighted by Gasteiger charge is -2.24. The Labute approximate surface area is 144 Å². The van der Waals surface area contributed by atoms with Crippen molar-refractivity contribution in [3.8, 4) is 0 Å². The first-order chi connectivity index (χ1) is 11.5. The third-order valence-corrected chi connectivity index (χ3v) is 5.10. The molecule has 1 aliphatic heterocycles. The van der Waals surface area contributed by atoms with Crippen LogP contribution in [0.2, 0.25) is 0 Å². The van der Waals surface area contributed by atoms with Crippen LogP contribution in [0.25, 0.3) is 0 Å². The molecule has 2 aromatic heterocycles. The Bertz CT molecular complexity index is 766. The van der Waals surface area contributed by atoms with Crippen molar-refractivity contribution < 1.29 is 9.59 Å². The Morgan fingerprint density at radius 1 is 1.42 bits per heavy atom. The minimum Gasteiger partial charge on any atom is -0.350 e. The van der Waals surface area contributed by atoms with Crippen molar-refractivity contribution in [2.75, 3.05) is 13.1 Å². The summed E-state index contributed by atoms with van der Waals surface area (Å²) in [5.74, 6) is -0.196. The Balaban J connectivity index is 1.64. The molecule has 2 aromatic rings. The minimum absolute atomic E-state index is 0.0135. The zero-order valence-electron chi connectivity index (χ0n) is 14.1. The highest BCUT2D eigenvalue weighted by Crippen LogP contribution is 2.23. The van der Waals surface area contributed by atoms with Crippen LogP contribution in [-0.2, 0) is 7.05 Å². The van der Waals surface area contributed by atoms with E-state index in [1.165, 1.54) is 17.5 Å². The van der Waals surface area contributed by atoms with Gasteiger partial charge in [0.15, 0.2) is 0 Å². The number of hydrogen-bond acceptors (Lipinski definition) is 5. The van der Waals surface area contributed by atoms with Gasteiger partial charge in [0.2, 0.25) is 0 Å². The zero-order chi connectivity index (χ0) is 17.3. The van der Waals surface area contributed by atoms with Gasteiger partial charge in [0.05, 0.1) is 16.8 Å². The van der Waals surface area contributed by atoms with E-state index < -0.39 is 0 Å². The van der Waals surface area contributed by atoms with E-state index in [0.717, 1.165) is 22.7 Å². The molecular weight excluding hydrogens is 326 g/mol. The molecule has 0 aliphatic carbocycles. The molecule has 1 fully saturated rings. The van der Waals surface area contributed by atoms with Crippen LogP contribution in [0.1, 0.15) is 43.6 Å². The molecule has 2 amide bonds. The van der Waals surface area contributed by atoms with Gasteiger partial charge >= 0.3 is 0 Å². The molecule has 1 saturated heterocycles. The van der Waals surface area contributed by atoms with Gasteiger partial charge in [-0.3, -0.25) is 14.3 Å². The second-order valence-corrected chi connectivity index (χ2v) is 7.45. The highest BCUT2D eigenvalue weighted by Gasteiger charge is 2.31. The van der Waals surface area contributed by atoms with Gasteiger partial charge in [0.25, 0.3) is 11.8 Å². The third-order valence-electron chi connectivity index (χ3n) is 4.21. The van der Waals surface area contributed by atoms with Gasteiger partial charge in [0.1, 0.15) is 5.69 Å². The molecule has 1 aliphatic rings. The van der Waals surface area contributed by atoms with Gasteiger partial charge in [-0.2, -0.15) is 5.10 Å². The predicted octanol–water partition coefficient (Wildman–Crippen LogP) is 1.53. The average Bonchev–Trinajstić information content (AvgIpc) is 3.24. The lowest BCUT2D eigenvalue weighted by atomic mass is 10.2. The van der Waals surface area contributed by atoms with Crippen molar-refractivity contribution in [1.82, 2.24) is 25.0 Å². The molecule has 0 saturated carbocycles. The highest BCUT2D eigenvalue weighted by molar-refractivity contribution is 7.11. The number of carbonyl (C=O) groups excluding carboxylic acids is 2. The molecular formula is C16H21N5O2S. The van der Waals surface area contributed by atoms with E-state index >= 15 is 0 Å². The van der Waals surface area contributed by atoms with Crippen LogP contribution in [0, 0.1) is 13.8 Å². The number of thiazole rings is 1. The van der Waals surface area contributed by atoms with Crippen molar-refractivity contribution >= 4 is 23.2 Å². The summed E-state index contributed by atoms with van der Waals surface area (Å²) in [6.45, 7) is 4.99. The molecule has 8 heteroatoms. The first-order valence-electron chi connectivity index (χ1n) is 7.97. The smallest absolute Gasteiger partial charge is 0.273 e. The van der Waals surface area contributed by atoms with Crippen molar-refractivity contribution in [2.24, 2.45) is 7.05 Å². The zero-order valence-corrected chi connectivity index (χ0v) is 14.9. The highest BCUT2D eigenvalue weighted by atomic mass is 32.1. The topological polar surface area (TPSA) is 80.1 Å². The fourth-order valence-electron chi connectivity index (χ4n) is 3.03. The Morgan fingerprint density at radius 3 is 2.83 bits per heavy atom. The second-order valence-electron chi connectivity index (χ2n) is 6.04. The number of aryl methyl sites for hydroxylation is 3. The first kappa shape index (κ1) is 16.6. The predicted molar refractivity (Wildman–Crippen MR) is 91.2 cm³/mol. The molecule has 3 heterocycles. The van der Waals surface area contributed by atoms with Crippen molar-refractivity contribution in [1.29, 1.82) is 0 Å². The summed E-state index contributed by atoms with van der Waals surface area (Å²) in [5, 5.41) is 7.80. The van der Waals surface area contributed by atoms with Gasteiger partial charge in [-0.05, 0) is 26.7 Å². The summed E-state index contributed by atoms with van der Waals surface area (Å²) in [7, 11) is 1.77. The Morgan fingerprint density at radius 2 is 2.21 bits per heavy atom. The monoisotopic (exact) mass is 347 g/mol. The molecule has 7 nitrogen and oxygen atoms in total. The minimum atomic E-state index is -0.164. The van der Waals surface area contributed by atoms with Crippen molar-refractivity contribution in [2.45, 2.75) is 32.7 Å². The molecule has 0 radical (unpaired) electrons. The summed E-state index contributed by atoms with van der Waals surface area (Å²) < 4.78 is 1.59. The molecule has 0 spiro atoms. The maximum Gasteiger partial charge on any atom is 0.273 e. The van der Waals surface area contributed by atoms with Gasteiger partial charge in [-0.25, -0.2) is 4.98 Å². The average molecular weight is 347 g/mol. The largest absolute Gasteiger partial charge is 0.350 e. The maximum absolute atomic E-state index is 12.8. The van der Waals surface area contributed by atoms with Gasteiger partial charge in [-0.15, -0.1) is 11.3 Å². The molecule has 1 N–H and O–H groups in total. The second kappa shape index (κ2) is 6.72. The molecule has 24 heavy (non-hydrogen) atoms. The fraction of sp³-hybridized carbons (Fsp3) is 0.500. The van der Waals surface area contributed by atoms with Crippen LogP contribution >= 0.6 is 11.3 Å². The van der Waals surface area contributed by atoms with Gasteiger partial charge in [-0.1, -0.05) is 0 Å². The summed E-state index contributed by atoms with van der Waals surface area (Å²) in [6, 6.07) is 0.0135. The molecule has 3 rings (SSSR count). The SMILES string of the molecule is Cc1nc(C(=O)N2CCCC2CNC(=O)c2cnn(C)c2)c(C)s1. The van der Waals surface area contributed by atoms with E-state index in [2.05, 4.69) is 15.4 Å². The van der Waals surface area contributed by atoms with Crippen molar-refractivity contribution in [3.05, 3.63) is 33.5 Å². The summed E-state index contributed by atoms with van der Waals surface area (Å²) in [4.78, 5) is 32.0. The molecule has 1 unspecified atom stereocenters. The Kier molecular flexibility index (Phi) is 4.66. The van der Waals surface area contributed by atoms with E-state index in [0.29, 0.717) is 24.3 Å². The number of nitrogens with zero attached hydrogens (tertiary/aromatic N) is 4. The number of carbonyl (C=O) groups is 2. The van der Waals surface area contributed by atoms with Crippen LogP contribution in [0.15, 0.2) is 12.4 Å². The Hall–Kier alpha value is -2.22. The standard InChI is InChI=1S/C16H21N5O2S/c1-10-14(19-11(2)24-10)16(23)21-6-4-5-13(21)8-17-15(22)12-7-18-20(3)9-12/h7,9,13H,4-6,8H2,1-3H3,(H,17,22). The van der Waals surface area contributed by atoms with Crippen LogP contribution < -0.4 is 5.32 Å². The molecule has 0 bridgehead atoms. The van der Waals surface area contributed by atoms with E-state index in [9.17, 15) is 9.59 Å². The van der Waals surface area contributed by atoms with E-state index in [-0.39, 0.29) is 17.9 Å². The number of likely N-dealkylation sites (tertiary alicyclic amines) is 1. The lowest BCUT2D eigenvalue weighted by molar-refractivity contribution is 0.0719. The number of amides is 2. The quantitative estimate of drug-likeness (QED) is 0.909. The molecule has 1 atom stereocenters. The van der Waals surface area contributed by atoms with Crippen LogP contribution in [0.3, 0.4) is 0 Å². The number of nitrogens with one attached hydrogen (secondary N) is 1. The summed E-state index contributed by atoms with van der Waals surface area (Å²) >= 11 is 1.54. The number of hydrogen-bond donors (Lipinski definition) is 1. The van der Waals surface area contributed by atoms with Gasteiger partial charge in [0, 0.05) is 37.3 Å². The maximum atomic E-state index is 12.8. The van der Waals surface area contributed by atoms with Crippen LogP contribution in [0.4, 0.5) is 0 Å².